The Bertz CT molecular complexity index is 1070. The molecule has 0 aromatic heterocycles. The van der Waals surface area contributed by atoms with Crippen molar-refractivity contribution in [2.75, 3.05) is 9.80 Å². The molecule has 0 atom stereocenters. The SMILES string of the molecule is O=C([O-])c1ccc(N2C(=O)C=CC2=O)cc1.O=C([O-])c1ccc(N2C(=O)C=CC2=O)cc1.[Sr+2]. The van der Waals surface area contributed by atoms with Gasteiger partial charge in [0.05, 0.1) is 23.3 Å². The van der Waals surface area contributed by atoms with Crippen molar-refractivity contribution in [1.82, 2.24) is 0 Å². The first-order valence-electron chi connectivity index (χ1n) is 8.94. The summed E-state index contributed by atoms with van der Waals surface area (Å²) in [7, 11) is 0. The topological polar surface area (TPSA) is 155 Å². The number of carboxylic acid groups (broad SMARTS) is 2. The van der Waals surface area contributed by atoms with Gasteiger partial charge in [0, 0.05) is 24.3 Å². The van der Waals surface area contributed by atoms with Gasteiger partial charge in [-0.1, -0.05) is 24.3 Å². The van der Waals surface area contributed by atoms with E-state index in [0.717, 1.165) is 34.1 Å². The molecule has 33 heavy (non-hydrogen) atoms. The number of hydrogen-bond donors (Lipinski definition) is 0. The van der Waals surface area contributed by atoms with Crippen molar-refractivity contribution in [3.8, 4) is 0 Å². The number of rotatable bonds is 4. The first-order valence-corrected chi connectivity index (χ1v) is 8.94. The number of anilines is 2. The zero-order chi connectivity index (χ0) is 23.4. The number of benzene rings is 2. The van der Waals surface area contributed by atoms with Gasteiger partial charge in [-0.3, -0.25) is 19.2 Å². The van der Waals surface area contributed by atoms with Crippen LogP contribution in [0.25, 0.3) is 0 Å². The number of carbonyl (C=O) groups excluding carboxylic acids is 6. The maximum Gasteiger partial charge on any atom is 2.00 e. The van der Waals surface area contributed by atoms with E-state index in [1.165, 1.54) is 48.5 Å². The molecule has 11 heteroatoms. The van der Waals surface area contributed by atoms with Crippen LogP contribution in [0, 0.1) is 0 Å². The molecule has 0 N–H and O–H groups in total. The minimum atomic E-state index is -1.30. The summed E-state index contributed by atoms with van der Waals surface area (Å²) in [6.07, 6.45) is 4.65. The molecule has 160 valence electrons. The van der Waals surface area contributed by atoms with Crippen LogP contribution in [0.3, 0.4) is 0 Å². The largest absolute Gasteiger partial charge is 2.00 e. The summed E-state index contributed by atoms with van der Waals surface area (Å²) in [5.41, 5.74) is 0.668. The maximum atomic E-state index is 11.3. The third-order valence-corrected chi connectivity index (χ3v) is 4.34. The van der Waals surface area contributed by atoms with Crippen LogP contribution in [0.5, 0.6) is 0 Å². The van der Waals surface area contributed by atoms with Crippen LogP contribution >= 0.6 is 0 Å². The number of aromatic carboxylic acids is 2. The van der Waals surface area contributed by atoms with Crippen LogP contribution in [-0.2, 0) is 19.2 Å². The van der Waals surface area contributed by atoms with Crippen molar-refractivity contribution < 1.29 is 39.0 Å². The number of hydrogen-bond acceptors (Lipinski definition) is 8. The summed E-state index contributed by atoms with van der Waals surface area (Å²) in [5, 5.41) is 21.0. The minimum Gasteiger partial charge on any atom is -0.545 e. The summed E-state index contributed by atoms with van der Waals surface area (Å²) < 4.78 is 0. The molecule has 2 aromatic carbocycles. The molecule has 4 amide bonds. The quantitative estimate of drug-likeness (QED) is 0.352. The fourth-order valence-corrected chi connectivity index (χ4v) is 2.80. The van der Waals surface area contributed by atoms with Crippen LogP contribution in [0.1, 0.15) is 20.7 Å². The van der Waals surface area contributed by atoms with E-state index in [4.69, 9.17) is 0 Å². The van der Waals surface area contributed by atoms with Crippen LogP contribution in [0.2, 0.25) is 0 Å². The van der Waals surface area contributed by atoms with E-state index in [1.54, 1.807) is 0 Å². The van der Waals surface area contributed by atoms with E-state index in [-0.39, 0.29) is 56.6 Å². The third-order valence-electron chi connectivity index (χ3n) is 4.34. The van der Waals surface area contributed by atoms with E-state index in [2.05, 4.69) is 0 Å². The molecule has 0 fully saturated rings. The van der Waals surface area contributed by atoms with Gasteiger partial charge in [0.25, 0.3) is 23.6 Å². The summed E-state index contributed by atoms with van der Waals surface area (Å²) in [4.78, 5) is 68.1. The first kappa shape index (κ1) is 25.9. The zero-order valence-electron chi connectivity index (χ0n) is 16.8. The summed E-state index contributed by atoms with van der Waals surface area (Å²) in [6.45, 7) is 0. The summed E-state index contributed by atoms with van der Waals surface area (Å²) >= 11 is 0. The van der Waals surface area contributed by atoms with E-state index in [9.17, 15) is 39.0 Å². The summed E-state index contributed by atoms with van der Waals surface area (Å²) in [5.74, 6) is -4.36. The Kier molecular flexibility index (Phi) is 8.60. The summed E-state index contributed by atoms with van der Waals surface area (Å²) in [6, 6.07) is 10.7. The predicted molar refractivity (Wildman–Crippen MR) is 111 cm³/mol. The smallest absolute Gasteiger partial charge is 0.545 e. The van der Waals surface area contributed by atoms with Crippen molar-refractivity contribution in [3.63, 3.8) is 0 Å². The monoisotopic (exact) mass is 520 g/mol. The molecule has 0 saturated carbocycles. The van der Waals surface area contributed by atoms with Crippen LogP contribution in [0.4, 0.5) is 11.4 Å². The average molecular weight is 520 g/mol. The normalized spacial score (nSPS) is 14.2. The van der Waals surface area contributed by atoms with E-state index in [1.807, 2.05) is 0 Å². The first-order chi connectivity index (χ1) is 15.2. The van der Waals surface area contributed by atoms with Gasteiger partial charge in [-0.15, -0.1) is 0 Å². The van der Waals surface area contributed by atoms with Gasteiger partial charge in [-0.25, -0.2) is 9.80 Å². The fourth-order valence-electron chi connectivity index (χ4n) is 2.80. The molecule has 0 unspecified atom stereocenters. The van der Waals surface area contributed by atoms with Gasteiger partial charge in [-0.2, -0.15) is 0 Å². The number of imide groups is 2. The molecular formula is C22H12N2O8Sr. The fraction of sp³-hybridized carbons (Fsp3) is 0. The second-order valence-corrected chi connectivity index (χ2v) is 6.36. The molecule has 0 saturated heterocycles. The van der Waals surface area contributed by atoms with Gasteiger partial charge in [0.2, 0.25) is 0 Å². The number of nitrogens with zero attached hydrogens (tertiary/aromatic N) is 2. The Morgan fingerprint density at radius 1 is 0.515 bits per heavy atom. The van der Waals surface area contributed by atoms with Gasteiger partial charge in [-0.05, 0) is 35.4 Å². The van der Waals surface area contributed by atoms with Crippen molar-refractivity contribution in [2.45, 2.75) is 0 Å². The molecule has 2 heterocycles. The molecule has 2 aromatic rings. The Morgan fingerprint density at radius 3 is 0.970 bits per heavy atom. The van der Waals surface area contributed by atoms with Crippen molar-refractivity contribution in [1.29, 1.82) is 0 Å². The van der Waals surface area contributed by atoms with Gasteiger partial charge in [0.15, 0.2) is 0 Å². The van der Waals surface area contributed by atoms with Gasteiger partial charge < -0.3 is 19.8 Å². The van der Waals surface area contributed by atoms with E-state index in [0.29, 0.717) is 11.4 Å². The van der Waals surface area contributed by atoms with Crippen LogP contribution in [0.15, 0.2) is 72.8 Å². The maximum absolute atomic E-state index is 11.3. The Balaban J connectivity index is 0.000000227. The second kappa shape index (κ2) is 11.0. The van der Waals surface area contributed by atoms with E-state index < -0.39 is 35.6 Å². The van der Waals surface area contributed by atoms with Gasteiger partial charge in [0.1, 0.15) is 0 Å². The van der Waals surface area contributed by atoms with Crippen molar-refractivity contribution >= 4 is 92.4 Å². The molecule has 10 nitrogen and oxygen atoms in total. The molecule has 0 spiro atoms. The Morgan fingerprint density at radius 2 is 0.758 bits per heavy atom. The second-order valence-electron chi connectivity index (χ2n) is 6.36. The van der Waals surface area contributed by atoms with Crippen LogP contribution < -0.4 is 20.0 Å². The van der Waals surface area contributed by atoms with Gasteiger partial charge >= 0.3 is 45.5 Å². The molecule has 0 aliphatic carbocycles. The van der Waals surface area contributed by atoms with Crippen molar-refractivity contribution in [3.05, 3.63) is 84.0 Å². The third kappa shape index (κ3) is 5.90. The zero-order valence-corrected chi connectivity index (χ0v) is 20.3. The van der Waals surface area contributed by atoms with Crippen LogP contribution in [-0.4, -0.2) is 81.0 Å². The molecule has 2 aliphatic heterocycles. The van der Waals surface area contributed by atoms with Crippen molar-refractivity contribution in [2.24, 2.45) is 0 Å². The number of carbonyl (C=O) groups is 6. The number of amides is 4. The van der Waals surface area contributed by atoms with E-state index >= 15 is 0 Å². The minimum absolute atomic E-state index is 0. The molecular weight excluding hydrogens is 508 g/mol. The number of carboxylic acids is 2. The molecule has 0 radical (unpaired) electrons. The standard InChI is InChI=1S/2C11H7NO4.Sr/c2*13-9-5-6-10(14)12(9)8-3-1-7(2-4-8)11(15)16;/h2*1-6H,(H,15,16);/q;;+2/p-2. The molecule has 4 rings (SSSR count). The molecule has 2 aliphatic rings. The Labute approximate surface area is 223 Å². The molecule has 0 bridgehead atoms. The predicted octanol–water partition coefficient (Wildman–Crippen LogP) is -1.42. The Hall–Kier alpha value is -3.38. The average Bonchev–Trinajstić information content (AvgIpc) is 3.28.